The van der Waals surface area contributed by atoms with Crippen molar-refractivity contribution < 1.29 is 5.32 Å². The van der Waals surface area contributed by atoms with Gasteiger partial charge in [0.15, 0.2) is 0 Å². The van der Waals surface area contributed by atoms with Crippen molar-refractivity contribution in [2.45, 2.75) is 44.2 Å². The standard InChI is InChI=1S/C13H19N/c1-3-4-12-8-7-11-6-5-10(2)9-13(11)14-12/h3,7,12-14H,1-2,4-6,8-9H2/p+1/t12-,13-/m1/s1. The summed E-state index contributed by atoms with van der Waals surface area (Å²) in [4.78, 5) is 0. The third kappa shape index (κ3) is 1.98. The van der Waals surface area contributed by atoms with Crippen LogP contribution in [-0.4, -0.2) is 12.1 Å². The van der Waals surface area contributed by atoms with Crippen molar-refractivity contribution >= 4 is 0 Å². The highest BCUT2D eigenvalue weighted by atomic mass is 15.0. The number of hydrogen-bond donors (Lipinski definition) is 1. The molecule has 14 heavy (non-hydrogen) atoms. The number of nitrogens with two attached hydrogens (primary N) is 1. The Morgan fingerprint density at radius 3 is 3.14 bits per heavy atom. The molecule has 2 N–H and O–H groups in total. The van der Waals surface area contributed by atoms with Crippen LogP contribution in [0.15, 0.2) is 36.5 Å². The molecule has 0 saturated heterocycles. The minimum atomic E-state index is 0.704. The lowest BCUT2D eigenvalue weighted by atomic mass is 9.83. The summed E-state index contributed by atoms with van der Waals surface area (Å²) in [7, 11) is 0. The molecule has 1 heterocycles. The van der Waals surface area contributed by atoms with Gasteiger partial charge in [-0.1, -0.05) is 24.3 Å². The van der Waals surface area contributed by atoms with Gasteiger partial charge in [-0.05, 0) is 18.4 Å². The molecule has 1 aliphatic heterocycles. The third-order valence-corrected chi connectivity index (χ3v) is 3.41. The van der Waals surface area contributed by atoms with Gasteiger partial charge in [0.05, 0.1) is 6.04 Å². The van der Waals surface area contributed by atoms with Gasteiger partial charge < -0.3 is 5.32 Å². The van der Waals surface area contributed by atoms with Crippen LogP contribution in [0.25, 0.3) is 0 Å². The maximum Gasteiger partial charge on any atom is 0.111 e. The molecule has 1 nitrogen and oxygen atoms in total. The van der Waals surface area contributed by atoms with Gasteiger partial charge in [-0.3, -0.25) is 0 Å². The van der Waals surface area contributed by atoms with Crippen LogP contribution in [0.2, 0.25) is 0 Å². The first kappa shape index (κ1) is 9.72. The molecular weight excluding hydrogens is 170 g/mol. The van der Waals surface area contributed by atoms with Crippen LogP contribution in [0.3, 0.4) is 0 Å². The Morgan fingerprint density at radius 1 is 1.50 bits per heavy atom. The number of hydrogen-bond acceptors (Lipinski definition) is 0. The quantitative estimate of drug-likeness (QED) is 0.641. The Hall–Kier alpha value is -0.820. The van der Waals surface area contributed by atoms with Crippen molar-refractivity contribution in [1.82, 2.24) is 0 Å². The zero-order valence-electron chi connectivity index (χ0n) is 8.84. The highest BCUT2D eigenvalue weighted by molar-refractivity contribution is 5.20. The van der Waals surface area contributed by atoms with Crippen molar-refractivity contribution in [2.24, 2.45) is 0 Å². The van der Waals surface area contributed by atoms with Crippen molar-refractivity contribution in [1.29, 1.82) is 0 Å². The summed E-state index contributed by atoms with van der Waals surface area (Å²) in [5.74, 6) is 0. The largest absolute Gasteiger partial charge is 0.337 e. The topological polar surface area (TPSA) is 16.6 Å². The summed E-state index contributed by atoms with van der Waals surface area (Å²) in [5.41, 5.74) is 3.10. The Labute approximate surface area is 86.6 Å². The van der Waals surface area contributed by atoms with E-state index in [0.717, 1.165) is 12.5 Å². The molecule has 2 aliphatic rings. The number of rotatable bonds is 2. The van der Waals surface area contributed by atoms with Gasteiger partial charge >= 0.3 is 0 Å². The van der Waals surface area contributed by atoms with Crippen molar-refractivity contribution in [3.63, 3.8) is 0 Å². The maximum absolute atomic E-state index is 4.11. The zero-order valence-corrected chi connectivity index (χ0v) is 8.84. The van der Waals surface area contributed by atoms with Gasteiger partial charge in [0.25, 0.3) is 0 Å². The van der Waals surface area contributed by atoms with Crippen LogP contribution in [0.1, 0.15) is 32.1 Å². The smallest absolute Gasteiger partial charge is 0.111 e. The van der Waals surface area contributed by atoms with Gasteiger partial charge in [-0.15, -0.1) is 6.58 Å². The van der Waals surface area contributed by atoms with Gasteiger partial charge in [-0.2, -0.15) is 0 Å². The average molecular weight is 190 g/mol. The molecule has 2 rings (SSSR count). The molecule has 0 amide bonds. The van der Waals surface area contributed by atoms with Crippen LogP contribution in [0.4, 0.5) is 0 Å². The molecule has 1 fully saturated rings. The second-order valence-electron chi connectivity index (χ2n) is 4.55. The lowest BCUT2D eigenvalue weighted by molar-refractivity contribution is -0.716. The fourth-order valence-electron chi connectivity index (χ4n) is 2.59. The first-order valence-corrected chi connectivity index (χ1v) is 5.61. The average Bonchev–Trinajstić information content (AvgIpc) is 2.17. The molecule has 76 valence electrons. The predicted octanol–water partition coefficient (Wildman–Crippen LogP) is 1.93. The van der Waals surface area contributed by atoms with Crippen LogP contribution in [-0.2, 0) is 0 Å². The zero-order chi connectivity index (χ0) is 9.97. The molecule has 1 saturated carbocycles. The van der Waals surface area contributed by atoms with E-state index >= 15 is 0 Å². The SMILES string of the molecule is C=CC[C@@H]1CC=C2CCC(=C)C[C@H]2[NH2+]1. The molecule has 0 spiro atoms. The number of fused-ring (bicyclic) bond motifs is 1. The molecule has 0 aromatic rings. The fraction of sp³-hybridized carbons (Fsp3) is 0.538. The van der Waals surface area contributed by atoms with Gasteiger partial charge in [0, 0.05) is 19.3 Å². The Morgan fingerprint density at radius 2 is 2.36 bits per heavy atom. The van der Waals surface area contributed by atoms with E-state index in [4.69, 9.17) is 0 Å². The minimum absolute atomic E-state index is 0.704. The molecule has 0 radical (unpaired) electrons. The summed E-state index contributed by atoms with van der Waals surface area (Å²) >= 11 is 0. The summed E-state index contributed by atoms with van der Waals surface area (Å²) in [6, 6.07) is 1.43. The van der Waals surface area contributed by atoms with Gasteiger partial charge in [0.1, 0.15) is 6.04 Å². The van der Waals surface area contributed by atoms with Crippen molar-refractivity contribution in [3.05, 3.63) is 36.5 Å². The van der Waals surface area contributed by atoms with E-state index in [1.165, 1.54) is 31.3 Å². The maximum atomic E-state index is 4.11. The van der Waals surface area contributed by atoms with E-state index in [1.54, 1.807) is 5.57 Å². The lowest BCUT2D eigenvalue weighted by Crippen LogP contribution is -2.96. The summed E-state index contributed by atoms with van der Waals surface area (Å²) in [6.07, 6.45) is 10.5. The van der Waals surface area contributed by atoms with E-state index in [-0.39, 0.29) is 0 Å². The Bertz CT molecular complexity index is 275. The summed E-state index contributed by atoms with van der Waals surface area (Å²) < 4.78 is 0. The fourth-order valence-corrected chi connectivity index (χ4v) is 2.59. The lowest BCUT2D eigenvalue weighted by Gasteiger charge is -2.32. The first-order chi connectivity index (χ1) is 6.79. The minimum Gasteiger partial charge on any atom is -0.337 e. The summed E-state index contributed by atoms with van der Waals surface area (Å²) in [6.45, 7) is 7.92. The normalized spacial score (nSPS) is 32.0. The molecule has 1 heteroatoms. The van der Waals surface area contributed by atoms with E-state index in [0.29, 0.717) is 6.04 Å². The van der Waals surface area contributed by atoms with E-state index in [9.17, 15) is 0 Å². The highest BCUT2D eigenvalue weighted by Gasteiger charge is 2.29. The molecule has 2 atom stereocenters. The molecule has 0 unspecified atom stereocenters. The van der Waals surface area contributed by atoms with Gasteiger partial charge in [0.2, 0.25) is 0 Å². The van der Waals surface area contributed by atoms with Crippen molar-refractivity contribution in [2.75, 3.05) is 0 Å². The Balaban J connectivity index is 2.03. The van der Waals surface area contributed by atoms with E-state index < -0.39 is 0 Å². The first-order valence-electron chi connectivity index (χ1n) is 5.61. The number of quaternary nitrogens is 1. The monoisotopic (exact) mass is 190 g/mol. The van der Waals surface area contributed by atoms with E-state index in [2.05, 4.69) is 24.6 Å². The molecule has 1 aliphatic carbocycles. The van der Waals surface area contributed by atoms with Crippen molar-refractivity contribution in [3.8, 4) is 0 Å². The second kappa shape index (κ2) is 4.14. The van der Waals surface area contributed by atoms with Crippen LogP contribution in [0.5, 0.6) is 0 Å². The predicted molar refractivity (Wildman–Crippen MR) is 60.0 cm³/mol. The molecule has 0 aromatic heterocycles. The third-order valence-electron chi connectivity index (χ3n) is 3.41. The Kier molecular flexibility index (Phi) is 2.87. The van der Waals surface area contributed by atoms with Crippen LogP contribution >= 0.6 is 0 Å². The van der Waals surface area contributed by atoms with Crippen LogP contribution < -0.4 is 5.32 Å². The molecular formula is C13H20N+. The molecule has 0 aromatic carbocycles. The highest BCUT2D eigenvalue weighted by Crippen LogP contribution is 2.27. The van der Waals surface area contributed by atoms with Crippen LogP contribution in [0, 0.1) is 0 Å². The van der Waals surface area contributed by atoms with Gasteiger partial charge in [-0.25, -0.2) is 0 Å². The molecule has 0 bridgehead atoms. The van der Waals surface area contributed by atoms with E-state index in [1.807, 2.05) is 6.08 Å². The second-order valence-corrected chi connectivity index (χ2v) is 4.55. The summed E-state index contributed by atoms with van der Waals surface area (Å²) in [5, 5.41) is 2.53.